The molecule has 0 saturated carbocycles. The Balaban J connectivity index is 2.33. The molecular formula is C17H15F3N2O. The summed E-state index contributed by atoms with van der Waals surface area (Å²) in [5, 5.41) is 0. The van der Waals surface area contributed by atoms with E-state index in [4.69, 9.17) is 5.73 Å². The third kappa shape index (κ3) is 3.71. The fourth-order valence-electron chi connectivity index (χ4n) is 2.07. The van der Waals surface area contributed by atoms with E-state index >= 15 is 0 Å². The maximum atomic E-state index is 12.6. The molecule has 0 unspecified atom stereocenters. The first-order valence-electron chi connectivity index (χ1n) is 6.70. The van der Waals surface area contributed by atoms with Gasteiger partial charge in [0, 0.05) is 12.7 Å². The minimum absolute atomic E-state index is 0.120. The standard InChI is InChI=1S/C17H15F3N2O/c1-11(16(21)23)22(2)15-5-3-4-13(10-15)12-6-8-14(9-7-12)17(18,19)20/h3-10H,1H2,2H3,(H2,21,23). The van der Waals surface area contributed by atoms with Gasteiger partial charge in [-0.1, -0.05) is 30.8 Å². The van der Waals surface area contributed by atoms with Crippen LogP contribution in [0.25, 0.3) is 11.1 Å². The van der Waals surface area contributed by atoms with Gasteiger partial charge in [0.25, 0.3) is 5.91 Å². The molecule has 2 aromatic rings. The summed E-state index contributed by atoms with van der Waals surface area (Å²) >= 11 is 0. The highest BCUT2D eigenvalue weighted by Gasteiger charge is 2.29. The quantitative estimate of drug-likeness (QED) is 0.871. The van der Waals surface area contributed by atoms with Crippen molar-refractivity contribution < 1.29 is 18.0 Å². The summed E-state index contributed by atoms with van der Waals surface area (Å²) < 4.78 is 37.8. The van der Waals surface area contributed by atoms with Crippen LogP contribution in [0.4, 0.5) is 18.9 Å². The van der Waals surface area contributed by atoms with E-state index in [9.17, 15) is 18.0 Å². The molecule has 1 amide bonds. The number of rotatable bonds is 4. The number of nitrogens with zero attached hydrogens (tertiary/aromatic N) is 1. The molecule has 2 rings (SSSR count). The van der Waals surface area contributed by atoms with Crippen LogP contribution in [0.15, 0.2) is 60.8 Å². The van der Waals surface area contributed by atoms with Crippen molar-refractivity contribution in [2.45, 2.75) is 6.18 Å². The van der Waals surface area contributed by atoms with Crippen LogP contribution in [0.2, 0.25) is 0 Å². The third-order valence-corrected chi connectivity index (χ3v) is 3.47. The Hall–Kier alpha value is -2.76. The van der Waals surface area contributed by atoms with Gasteiger partial charge in [-0.15, -0.1) is 0 Å². The van der Waals surface area contributed by atoms with Crippen molar-refractivity contribution in [1.82, 2.24) is 0 Å². The third-order valence-electron chi connectivity index (χ3n) is 3.47. The van der Waals surface area contributed by atoms with Gasteiger partial charge >= 0.3 is 6.18 Å². The number of halogens is 3. The fourth-order valence-corrected chi connectivity index (χ4v) is 2.07. The van der Waals surface area contributed by atoms with Crippen LogP contribution >= 0.6 is 0 Å². The number of hydrogen-bond donors (Lipinski definition) is 1. The number of nitrogens with two attached hydrogens (primary N) is 1. The summed E-state index contributed by atoms with van der Waals surface area (Å²) in [6.45, 7) is 3.60. The minimum Gasteiger partial charge on any atom is -0.364 e. The van der Waals surface area contributed by atoms with E-state index in [1.165, 1.54) is 17.0 Å². The molecule has 2 aromatic carbocycles. The summed E-state index contributed by atoms with van der Waals surface area (Å²) in [5.74, 6) is -0.646. The topological polar surface area (TPSA) is 46.3 Å². The van der Waals surface area contributed by atoms with Crippen LogP contribution in [-0.4, -0.2) is 13.0 Å². The molecular weight excluding hydrogens is 305 g/mol. The van der Waals surface area contributed by atoms with E-state index in [-0.39, 0.29) is 5.70 Å². The Morgan fingerprint density at radius 2 is 1.70 bits per heavy atom. The van der Waals surface area contributed by atoms with Gasteiger partial charge in [0.15, 0.2) is 0 Å². The van der Waals surface area contributed by atoms with Crippen molar-refractivity contribution >= 4 is 11.6 Å². The molecule has 0 aliphatic rings. The number of alkyl halides is 3. The summed E-state index contributed by atoms with van der Waals surface area (Å²) in [4.78, 5) is 12.7. The van der Waals surface area contributed by atoms with Gasteiger partial charge in [-0.3, -0.25) is 4.79 Å². The highest BCUT2D eigenvalue weighted by Crippen LogP contribution is 2.32. The maximum Gasteiger partial charge on any atom is 0.416 e. The zero-order valence-corrected chi connectivity index (χ0v) is 12.4. The van der Waals surface area contributed by atoms with E-state index in [1.54, 1.807) is 31.3 Å². The zero-order valence-electron chi connectivity index (χ0n) is 12.4. The van der Waals surface area contributed by atoms with Crippen molar-refractivity contribution in [2.75, 3.05) is 11.9 Å². The normalized spacial score (nSPS) is 11.1. The van der Waals surface area contributed by atoms with Crippen LogP contribution in [0.3, 0.4) is 0 Å². The van der Waals surface area contributed by atoms with E-state index in [2.05, 4.69) is 6.58 Å². The predicted octanol–water partition coefficient (Wildman–Crippen LogP) is 3.81. The lowest BCUT2D eigenvalue weighted by atomic mass is 10.0. The van der Waals surface area contributed by atoms with Crippen molar-refractivity contribution in [3.63, 3.8) is 0 Å². The number of likely N-dealkylation sites (N-methyl/N-ethyl adjacent to an activating group) is 1. The lowest BCUT2D eigenvalue weighted by Crippen LogP contribution is -2.27. The molecule has 23 heavy (non-hydrogen) atoms. The molecule has 0 aliphatic heterocycles. The van der Waals surface area contributed by atoms with Gasteiger partial charge in [-0.2, -0.15) is 13.2 Å². The second kappa shape index (κ2) is 6.16. The second-order valence-electron chi connectivity index (χ2n) is 5.00. The lowest BCUT2D eigenvalue weighted by molar-refractivity contribution is -0.137. The van der Waals surface area contributed by atoms with Crippen molar-refractivity contribution in [2.24, 2.45) is 5.73 Å². The van der Waals surface area contributed by atoms with Crippen molar-refractivity contribution in [1.29, 1.82) is 0 Å². The molecule has 0 atom stereocenters. The maximum absolute atomic E-state index is 12.6. The number of anilines is 1. The summed E-state index contributed by atoms with van der Waals surface area (Å²) in [6.07, 6.45) is -4.36. The molecule has 0 bridgehead atoms. The molecule has 0 fully saturated rings. The Bertz CT molecular complexity index is 736. The first-order chi connectivity index (χ1) is 10.7. The van der Waals surface area contributed by atoms with Gasteiger partial charge in [-0.25, -0.2) is 0 Å². The molecule has 0 radical (unpaired) electrons. The van der Waals surface area contributed by atoms with Crippen molar-refractivity contribution in [3.05, 3.63) is 66.4 Å². The SMILES string of the molecule is C=C(C(N)=O)N(C)c1cccc(-c2ccc(C(F)(F)F)cc2)c1. The van der Waals surface area contributed by atoms with Gasteiger partial charge in [0.1, 0.15) is 0 Å². The monoisotopic (exact) mass is 320 g/mol. The number of carbonyl (C=O) groups excluding carboxylic acids is 1. The Morgan fingerprint density at radius 1 is 1.09 bits per heavy atom. The number of carbonyl (C=O) groups is 1. The van der Waals surface area contributed by atoms with E-state index in [0.717, 1.165) is 17.7 Å². The summed E-state index contributed by atoms with van der Waals surface area (Å²) in [7, 11) is 1.64. The Labute approximate surface area is 131 Å². The molecule has 3 nitrogen and oxygen atoms in total. The zero-order chi connectivity index (χ0) is 17.2. The largest absolute Gasteiger partial charge is 0.416 e. The van der Waals surface area contributed by atoms with Gasteiger partial charge in [-0.05, 0) is 35.4 Å². The van der Waals surface area contributed by atoms with Gasteiger partial charge in [0.2, 0.25) is 0 Å². The lowest BCUT2D eigenvalue weighted by Gasteiger charge is -2.20. The van der Waals surface area contributed by atoms with Gasteiger partial charge < -0.3 is 10.6 Å². The van der Waals surface area contributed by atoms with E-state index in [0.29, 0.717) is 11.3 Å². The molecule has 0 aromatic heterocycles. The molecule has 120 valence electrons. The van der Waals surface area contributed by atoms with Crippen LogP contribution < -0.4 is 10.6 Å². The average Bonchev–Trinajstić information content (AvgIpc) is 2.52. The minimum atomic E-state index is -4.36. The van der Waals surface area contributed by atoms with Crippen molar-refractivity contribution in [3.8, 4) is 11.1 Å². The predicted molar refractivity (Wildman–Crippen MR) is 83.6 cm³/mol. The van der Waals surface area contributed by atoms with E-state index in [1.807, 2.05) is 0 Å². The molecule has 0 spiro atoms. The Morgan fingerprint density at radius 3 is 2.22 bits per heavy atom. The molecule has 2 N–H and O–H groups in total. The number of hydrogen-bond acceptors (Lipinski definition) is 2. The summed E-state index contributed by atoms with van der Waals surface area (Å²) in [6, 6.07) is 11.9. The molecule has 0 saturated heterocycles. The fraction of sp³-hybridized carbons (Fsp3) is 0.118. The Kier molecular flexibility index (Phi) is 4.45. The molecule has 0 heterocycles. The number of primary amides is 1. The van der Waals surface area contributed by atoms with Crippen LogP contribution in [0.5, 0.6) is 0 Å². The number of benzene rings is 2. The molecule has 6 heteroatoms. The number of amides is 1. The first kappa shape index (κ1) is 16.6. The van der Waals surface area contributed by atoms with Gasteiger partial charge in [0.05, 0.1) is 11.3 Å². The molecule has 0 aliphatic carbocycles. The smallest absolute Gasteiger partial charge is 0.364 e. The summed E-state index contributed by atoms with van der Waals surface area (Å²) in [5.41, 5.74) is 6.63. The average molecular weight is 320 g/mol. The highest BCUT2D eigenvalue weighted by molar-refractivity contribution is 5.95. The van der Waals surface area contributed by atoms with Crippen LogP contribution in [-0.2, 0) is 11.0 Å². The highest BCUT2D eigenvalue weighted by atomic mass is 19.4. The van der Waals surface area contributed by atoms with Crippen LogP contribution in [0.1, 0.15) is 5.56 Å². The second-order valence-corrected chi connectivity index (χ2v) is 5.00. The van der Waals surface area contributed by atoms with E-state index < -0.39 is 17.6 Å². The first-order valence-corrected chi connectivity index (χ1v) is 6.70. The van der Waals surface area contributed by atoms with Crippen LogP contribution in [0, 0.1) is 0 Å².